The number of anilines is 1. The fourth-order valence-corrected chi connectivity index (χ4v) is 4.04. The monoisotopic (exact) mass is 469 g/mol. The van der Waals surface area contributed by atoms with E-state index < -0.39 is 22.0 Å². The van der Waals surface area contributed by atoms with Crippen molar-refractivity contribution < 1.29 is 32.2 Å². The Morgan fingerprint density at radius 1 is 0.848 bits per heavy atom. The van der Waals surface area contributed by atoms with Gasteiger partial charge in [0.15, 0.2) is 6.61 Å². The summed E-state index contributed by atoms with van der Waals surface area (Å²) in [4.78, 5) is 23.6. The van der Waals surface area contributed by atoms with Gasteiger partial charge in [-0.25, -0.2) is 18.0 Å². The van der Waals surface area contributed by atoms with E-state index in [9.17, 15) is 18.0 Å². The molecule has 0 aromatic heterocycles. The molecule has 33 heavy (non-hydrogen) atoms. The zero-order valence-corrected chi connectivity index (χ0v) is 19.2. The van der Waals surface area contributed by atoms with E-state index in [2.05, 4.69) is 4.74 Å². The van der Waals surface area contributed by atoms with Crippen LogP contribution in [0.4, 0.5) is 5.69 Å². The highest BCUT2D eigenvalue weighted by atomic mass is 32.2. The van der Waals surface area contributed by atoms with Crippen LogP contribution in [0, 0.1) is 6.92 Å². The average molecular weight is 470 g/mol. The molecule has 3 aromatic carbocycles. The Labute approximate surface area is 192 Å². The standard InChI is InChI=1S/C24H23NO7S/c1-17-4-14-22(15-5-17)33(28,29)25(2)19-8-12-20(13-9-19)31-16-23(26)32-21-10-6-18(7-11-21)24(27)30-3/h4-15H,16H2,1-3H3. The first-order chi connectivity index (χ1) is 15.7. The van der Waals surface area contributed by atoms with Gasteiger partial charge in [-0.15, -0.1) is 0 Å². The number of ether oxygens (including phenoxy) is 3. The minimum absolute atomic E-state index is 0.193. The Morgan fingerprint density at radius 3 is 2.00 bits per heavy atom. The van der Waals surface area contributed by atoms with E-state index in [0.717, 1.165) is 5.56 Å². The van der Waals surface area contributed by atoms with Crippen molar-refractivity contribution in [1.82, 2.24) is 0 Å². The Hall–Kier alpha value is -3.85. The maximum Gasteiger partial charge on any atom is 0.349 e. The molecule has 3 aromatic rings. The Bertz CT molecular complexity index is 1220. The van der Waals surface area contributed by atoms with Gasteiger partial charge in [-0.2, -0.15) is 0 Å². The van der Waals surface area contributed by atoms with Crippen molar-refractivity contribution in [1.29, 1.82) is 0 Å². The van der Waals surface area contributed by atoms with Crippen molar-refractivity contribution in [2.75, 3.05) is 25.1 Å². The number of rotatable bonds is 8. The Balaban J connectivity index is 1.57. The fourth-order valence-electron chi connectivity index (χ4n) is 2.84. The average Bonchev–Trinajstić information content (AvgIpc) is 2.83. The number of carbonyl (C=O) groups is 2. The van der Waals surface area contributed by atoms with Crippen LogP contribution < -0.4 is 13.8 Å². The molecule has 0 aliphatic carbocycles. The third-order valence-electron chi connectivity index (χ3n) is 4.74. The van der Waals surface area contributed by atoms with Gasteiger partial charge in [-0.3, -0.25) is 4.31 Å². The van der Waals surface area contributed by atoms with Crippen LogP contribution in [0.15, 0.2) is 77.7 Å². The summed E-state index contributed by atoms with van der Waals surface area (Å²) in [5, 5.41) is 0. The van der Waals surface area contributed by atoms with Crippen LogP contribution in [0.2, 0.25) is 0 Å². The second-order valence-electron chi connectivity index (χ2n) is 7.06. The molecule has 172 valence electrons. The van der Waals surface area contributed by atoms with Crippen molar-refractivity contribution in [2.45, 2.75) is 11.8 Å². The van der Waals surface area contributed by atoms with E-state index in [4.69, 9.17) is 9.47 Å². The summed E-state index contributed by atoms with van der Waals surface area (Å²) in [6, 6.07) is 18.8. The van der Waals surface area contributed by atoms with Gasteiger partial charge in [0.1, 0.15) is 11.5 Å². The maximum absolute atomic E-state index is 12.8. The van der Waals surface area contributed by atoms with Crippen LogP contribution >= 0.6 is 0 Å². The topological polar surface area (TPSA) is 99.2 Å². The minimum Gasteiger partial charge on any atom is -0.482 e. The number of methoxy groups -OCH3 is 1. The molecular formula is C24H23NO7S. The third-order valence-corrected chi connectivity index (χ3v) is 6.54. The molecule has 0 bridgehead atoms. The maximum atomic E-state index is 12.8. The third kappa shape index (κ3) is 5.89. The molecule has 3 rings (SSSR count). The molecule has 0 radical (unpaired) electrons. The highest BCUT2D eigenvalue weighted by Crippen LogP contribution is 2.24. The predicted octanol–water partition coefficient (Wildman–Crippen LogP) is 3.59. The first-order valence-electron chi connectivity index (χ1n) is 9.88. The minimum atomic E-state index is -3.70. The van der Waals surface area contributed by atoms with Crippen molar-refractivity contribution >= 4 is 27.6 Å². The zero-order valence-electron chi connectivity index (χ0n) is 18.3. The van der Waals surface area contributed by atoms with Gasteiger partial charge >= 0.3 is 11.9 Å². The SMILES string of the molecule is COC(=O)c1ccc(OC(=O)COc2ccc(N(C)S(=O)(=O)c3ccc(C)cc3)cc2)cc1. The van der Waals surface area contributed by atoms with E-state index in [0.29, 0.717) is 17.0 Å². The fraction of sp³-hybridized carbons (Fsp3) is 0.167. The molecular weight excluding hydrogens is 446 g/mol. The van der Waals surface area contributed by atoms with Crippen molar-refractivity contribution in [2.24, 2.45) is 0 Å². The summed E-state index contributed by atoms with van der Waals surface area (Å²) in [5.41, 5.74) is 1.74. The molecule has 0 N–H and O–H groups in total. The molecule has 0 saturated heterocycles. The molecule has 8 nitrogen and oxygen atoms in total. The summed E-state index contributed by atoms with van der Waals surface area (Å²) in [7, 11) is -0.958. The molecule has 0 unspecified atom stereocenters. The second kappa shape index (κ2) is 10.2. The lowest BCUT2D eigenvalue weighted by Gasteiger charge is -2.20. The summed E-state index contributed by atoms with van der Waals surface area (Å²) < 4.78 is 42.0. The molecule has 9 heteroatoms. The van der Waals surface area contributed by atoms with Crippen LogP contribution in [0.5, 0.6) is 11.5 Å². The highest BCUT2D eigenvalue weighted by molar-refractivity contribution is 7.92. The van der Waals surface area contributed by atoms with Crippen LogP contribution in [0.1, 0.15) is 15.9 Å². The molecule has 0 aliphatic rings. The van der Waals surface area contributed by atoms with Crippen molar-refractivity contribution in [3.63, 3.8) is 0 Å². The number of aryl methyl sites for hydroxylation is 1. The quantitative estimate of drug-likeness (QED) is 0.367. The van der Waals surface area contributed by atoms with Crippen LogP contribution in [-0.2, 0) is 19.6 Å². The van der Waals surface area contributed by atoms with Crippen LogP contribution in [0.25, 0.3) is 0 Å². The molecule has 0 fully saturated rings. The Morgan fingerprint density at radius 2 is 1.42 bits per heavy atom. The number of sulfonamides is 1. The first-order valence-corrected chi connectivity index (χ1v) is 11.3. The van der Waals surface area contributed by atoms with Crippen molar-refractivity contribution in [3.8, 4) is 11.5 Å². The molecule has 0 aliphatic heterocycles. The zero-order chi connectivity index (χ0) is 24.0. The van der Waals surface area contributed by atoms with E-state index in [1.165, 1.54) is 42.7 Å². The molecule has 0 amide bonds. The largest absolute Gasteiger partial charge is 0.482 e. The predicted molar refractivity (Wildman–Crippen MR) is 122 cm³/mol. The summed E-state index contributed by atoms with van der Waals surface area (Å²) in [6.45, 7) is 1.53. The summed E-state index contributed by atoms with van der Waals surface area (Å²) >= 11 is 0. The first kappa shape index (κ1) is 23.8. The van der Waals surface area contributed by atoms with Gasteiger partial charge in [0.25, 0.3) is 10.0 Å². The van der Waals surface area contributed by atoms with Gasteiger partial charge in [-0.1, -0.05) is 17.7 Å². The van der Waals surface area contributed by atoms with Crippen LogP contribution in [-0.4, -0.2) is 41.1 Å². The lowest BCUT2D eigenvalue weighted by atomic mass is 10.2. The number of hydrogen-bond donors (Lipinski definition) is 0. The summed E-state index contributed by atoms with van der Waals surface area (Å²) in [6.07, 6.45) is 0. The Kier molecular flexibility index (Phi) is 7.34. The molecule has 0 saturated carbocycles. The van der Waals surface area contributed by atoms with E-state index in [-0.39, 0.29) is 17.3 Å². The number of carbonyl (C=O) groups excluding carboxylic acids is 2. The van der Waals surface area contributed by atoms with Crippen LogP contribution in [0.3, 0.4) is 0 Å². The summed E-state index contributed by atoms with van der Waals surface area (Å²) in [5.74, 6) is -0.492. The molecule has 0 atom stereocenters. The lowest BCUT2D eigenvalue weighted by Crippen LogP contribution is -2.26. The van der Waals surface area contributed by atoms with Gasteiger partial charge < -0.3 is 14.2 Å². The normalized spacial score (nSPS) is 10.9. The van der Waals surface area contributed by atoms with Gasteiger partial charge in [0.05, 0.1) is 23.3 Å². The van der Waals surface area contributed by atoms with Crippen molar-refractivity contribution in [3.05, 3.63) is 83.9 Å². The van der Waals surface area contributed by atoms with E-state index in [1.54, 1.807) is 48.5 Å². The van der Waals surface area contributed by atoms with Gasteiger partial charge in [-0.05, 0) is 67.6 Å². The number of benzene rings is 3. The van der Waals surface area contributed by atoms with Gasteiger partial charge in [0, 0.05) is 7.05 Å². The van der Waals surface area contributed by atoms with Gasteiger partial charge in [0.2, 0.25) is 0 Å². The molecule has 0 heterocycles. The smallest absolute Gasteiger partial charge is 0.349 e. The number of nitrogens with zero attached hydrogens (tertiary/aromatic N) is 1. The number of hydrogen-bond acceptors (Lipinski definition) is 7. The van der Waals surface area contributed by atoms with E-state index in [1.807, 2.05) is 6.92 Å². The molecule has 0 spiro atoms. The van der Waals surface area contributed by atoms with E-state index >= 15 is 0 Å². The lowest BCUT2D eigenvalue weighted by molar-refractivity contribution is -0.136. The highest BCUT2D eigenvalue weighted by Gasteiger charge is 2.21. The second-order valence-corrected chi connectivity index (χ2v) is 9.03. The number of esters is 2.